The second-order valence-electron chi connectivity index (χ2n) is 6.31. The maximum absolute atomic E-state index is 12.3. The standard InChI is InChI=1S/C18H23N5O2/c1-13(24)21-16-3-2-10-23(12-16)18(25)19-11-14-4-6-15(7-5-14)17-8-9-20-22-17/h4-9,16H,2-3,10-12H2,1H3,(H,19,25)(H,20,22)(H,21,24)/t16-/m0/s1. The van der Waals surface area contributed by atoms with Crippen LogP contribution >= 0.6 is 0 Å². The van der Waals surface area contributed by atoms with Crippen molar-refractivity contribution in [3.63, 3.8) is 0 Å². The molecule has 3 amide bonds. The van der Waals surface area contributed by atoms with Gasteiger partial charge in [0.15, 0.2) is 0 Å². The summed E-state index contributed by atoms with van der Waals surface area (Å²) in [6.07, 6.45) is 3.53. The van der Waals surface area contributed by atoms with Gasteiger partial charge in [0.25, 0.3) is 0 Å². The molecule has 0 unspecified atom stereocenters. The molecule has 1 aromatic carbocycles. The van der Waals surface area contributed by atoms with Crippen LogP contribution in [-0.2, 0) is 11.3 Å². The van der Waals surface area contributed by atoms with Crippen LogP contribution in [0.5, 0.6) is 0 Å². The van der Waals surface area contributed by atoms with E-state index < -0.39 is 0 Å². The Morgan fingerprint density at radius 1 is 1.28 bits per heavy atom. The third-order valence-electron chi connectivity index (χ3n) is 4.33. The second-order valence-corrected chi connectivity index (χ2v) is 6.31. The first-order chi connectivity index (χ1) is 12.1. The van der Waals surface area contributed by atoms with E-state index in [0.29, 0.717) is 13.1 Å². The maximum Gasteiger partial charge on any atom is 0.317 e. The topological polar surface area (TPSA) is 90.1 Å². The molecule has 0 aliphatic carbocycles. The van der Waals surface area contributed by atoms with Gasteiger partial charge in [0.05, 0.1) is 5.69 Å². The summed E-state index contributed by atoms with van der Waals surface area (Å²) in [7, 11) is 0. The summed E-state index contributed by atoms with van der Waals surface area (Å²) in [5.41, 5.74) is 3.06. The maximum atomic E-state index is 12.3. The predicted octanol–water partition coefficient (Wildman–Crippen LogP) is 1.89. The SMILES string of the molecule is CC(=O)N[C@H]1CCCN(C(=O)NCc2ccc(-c3ccn[nH]3)cc2)C1. The Kier molecular flexibility index (Phi) is 5.33. The highest BCUT2D eigenvalue weighted by atomic mass is 16.2. The average molecular weight is 341 g/mol. The molecular formula is C18H23N5O2. The van der Waals surface area contributed by atoms with Gasteiger partial charge in [0, 0.05) is 38.8 Å². The fraction of sp³-hybridized carbons (Fsp3) is 0.389. The molecule has 2 heterocycles. The van der Waals surface area contributed by atoms with Crippen molar-refractivity contribution in [3.8, 4) is 11.3 Å². The van der Waals surface area contributed by atoms with Crippen molar-refractivity contribution >= 4 is 11.9 Å². The highest BCUT2D eigenvalue weighted by molar-refractivity contribution is 5.75. The molecule has 2 aromatic rings. The molecule has 3 N–H and O–H groups in total. The molecule has 7 heteroatoms. The summed E-state index contributed by atoms with van der Waals surface area (Å²) in [5, 5.41) is 12.7. The number of aromatic nitrogens is 2. The summed E-state index contributed by atoms with van der Waals surface area (Å²) < 4.78 is 0. The Balaban J connectivity index is 1.51. The van der Waals surface area contributed by atoms with Crippen molar-refractivity contribution in [2.75, 3.05) is 13.1 Å². The van der Waals surface area contributed by atoms with E-state index in [-0.39, 0.29) is 18.0 Å². The smallest absolute Gasteiger partial charge is 0.317 e. The molecular weight excluding hydrogens is 318 g/mol. The monoisotopic (exact) mass is 341 g/mol. The fourth-order valence-electron chi connectivity index (χ4n) is 3.08. The number of nitrogens with one attached hydrogen (secondary N) is 3. The van der Waals surface area contributed by atoms with Crippen LogP contribution in [0.25, 0.3) is 11.3 Å². The lowest BCUT2D eigenvalue weighted by Gasteiger charge is -2.33. The van der Waals surface area contributed by atoms with Gasteiger partial charge in [0.1, 0.15) is 0 Å². The van der Waals surface area contributed by atoms with Crippen LogP contribution in [0, 0.1) is 0 Å². The highest BCUT2D eigenvalue weighted by Gasteiger charge is 2.23. The minimum absolute atomic E-state index is 0.0469. The van der Waals surface area contributed by atoms with E-state index in [0.717, 1.165) is 36.2 Å². The van der Waals surface area contributed by atoms with Crippen LogP contribution in [0.4, 0.5) is 4.79 Å². The molecule has 1 atom stereocenters. The molecule has 0 saturated carbocycles. The van der Waals surface area contributed by atoms with Crippen LogP contribution in [0.2, 0.25) is 0 Å². The Bertz CT molecular complexity index is 712. The Morgan fingerprint density at radius 2 is 2.08 bits per heavy atom. The lowest BCUT2D eigenvalue weighted by atomic mass is 10.1. The van der Waals surface area contributed by atoms with Crippen molar-refractivity contribution in [1.29, 1.82) is 0 Å². The fourth-order valence-corrected chi connectivity index (χ4v) is 3.08. The molecule has 1 saturated heterocycles. The zero-order chi connectivity index (χ0) is 17.6. The third-order valence-corrected chi connectivity index (χ3v) is 4.33. The Hall–Kier alpha value is -2.83. The molecule has 1 fully saturated rings. The normalized spacial score (nSPS) is 17.2. The van der Waals surface area contributed by atoms with Crippen LogP contribution in [0.3, 0.4) is 0 Å². The largest absolute Gasteiger partial charge is 0.352 e. The number of nitrogens with zero attached hydrogens (tertiary/aromatic N) is 2. The molecule has 25 heavy (non-hydrogen) atoms. The van der Waals surface area contributed by atoms with Crippen LogP contribution in [-0.4, -0.2) is 46.2 Å². The number of hydrogen-bond acceptors (Lipinski definition) is 3. The van der Waals surface area contributed by atoms with Crippen molar-refractivity contribution < 1.29 is 9.59 Å². The van der Waals surface area contributed by atoms with E-state index in [4.69, 9.17) is 0 Å². The summed E-state index contributed by atoms with van der Waals surface area (Å²) in [6, 6.07) is 9.86. The quantitative estimate of drug-likeness (QED) is 0.793. The number of H-pyrrole nitrogens is 1. The number of rotatable bonds is 4. The second kappa shape index (κ2) is 7.83. The number of carbonyl (C=O) groups is 2. The predicted molar refractivity (Wildman–Crippen MR) is 94.7 cm³/mol. The summed E-state index contributed by atoms with van der Waals surface area (Å²) in [5.74, 6) is -0.0513. The van der Waals surface area contributed by atoms with E-state index in [1.807, 2.05) is 30.3 Å². The van der Waals surface area contributed by atoms with Gasteiger partial charge in [-0.3, -0.25) is 9.89 Å². The van der Waals surface area contributed by atoms with Gasteiger partial charge in [0.2, 0.25) is 5.91 Å². The number of amides is 3. The van der Waals surface area contributed by atoms with E-state index in [2.05, 4.69) is 20.8 Å². The van der Waals surface area contributed by atoms with E-state index >= 15 is 0 Å². The molecule has 1 aromatic heterocycles. The van der Waals surface area contributed by atoms with Crippen molar-refractivity contribution in [1.82, 2.24) is 25.7 Å². The summed E-state index contributed by atoms with van der Waals surface area (Å²) >= 11 is 0. The zero-order valence-corrected chi connectivity index (χ0v) is 14.3. The Labute approximate surface area is 146 Å². The van der Waals surface area contributed by atoms with Gasteiger partial charge in [-0.25, -0.2) is 4.79 Å². The number of piperidine rings is 1. The van der Waals surface area contributed by atoms with Crippen molar-refractivity contribution in [3.05, 3.63) is 42.1 Å². The molecule has 1 aliphatic heterocycles. The van der Waals surface area contributed by atoms with E-state index in [1.165, 1.54) is 6.92 Å². The van der Waals surface area contributed by atoms with Gasteiger partial charge in [-0.1, -0.05) is 24.3 Å². The van der Waals surface area contributed by atoms with Gasteiger partial charge in [-0.15, -0.1) is 0 Å². The number of benzene rings is 1. The molecule has 0 spiro atoms. The molecule has 132 valence electrons. The third kappa shape index (κ3) is 4.59. The lowest BCUT2D eigenvalue weighted by molar-refractivity contribution is -0.119. The van der Waals surface area contributed by atoms with Gasteiger partial charge in [-0.05, 0) is 30.0 Å². The molecule has 7 nitrogen and oxygen atoms in total. The van der Waals surface area contributed by atoms with Crippen molar-refractivity contribution in [2.45, 2.75) is 32.4 Å². The summed E-state index contributed by atoms with van der Waals surface area (Å²) in [6.45, 7) is 3.26. The molecule has 3 rings (SSSR count). The first-order valence-electron chi connectivity index (χ1n) is 8.50. The van der Waals surface area contributed by atoms with Crippen LogP contribution in [0.1, 0.15) is 25.3 Å². The molecule has 0 radical (unpaired) electrons. The van der Waals surface area contributed by atoms with Gasteiger partial charge < -0.3 is 15.5 Å². The highest BCUT2D eigenvalue weighted by Crippen LogP contribution is 2.16. The van der Waals surface area contributed by atoms with E-state index in [1.54, 1.807) is 11.1 Å². The van der Waals surface area contributed by atoms with Gasteiger partial charge >= 0.3 is 6.03 Å². The number of hydrogen-bond donors (Lipinski definition) is 3. The summed E-state index contributed by atoms with van der Waals surface area (Å²) in [4.78, 5) is 25.3. The number of urea groups is 1. The van der Waals surface area contributed by atoms with Crippen LogP contribution < -0.4 is 10.6 Å². The first-order valence-corrected chi connectivity index (χ1v) is 8.50. The van der Waals surface area contributed by atoms with Crippen LogP contribution in [0.15, 0.2) is 36.5 Å². The van der Waals surface area contributed by atoms with Gasteiger partial charge in [-0.2, -0.15) is 5.10 Å². The first kappa shape index (κ1) is 17.0. The van der Waals surface area contributed by atoms with E-state index in [9.17, 15) is 9.59 Å². The molecule has 1 aliphatic rings. The number of aromatic amines is 1. The minimum atomic E-state index is -0.0901. The lowest BCUT2D eigenvalue weighted by Crippen LogP contribution is -2.51. The molecule has 0 bridgehead atoms. The number of carbonyl (C=O) groups excluding carboxylic acids is 2. The average Bonchev–Trinajstić information content (AvgIpc) is 3.14. The number of likely N-dealkylation sites (tertiary alicyclic amines) is 1. The van der Waals surface area contributed by atoms with Crippen molar-refractivity contribution in [2.24, 2.45) is 0 Å². The minimum Gasteiger partial charge on any atom is -0.352 e. The Morgan fingerprint density at radius 3 is 2.76 bits per heavy atom. The zero-order valence-electron chi connectivity index (χ0n) is 14.3.